The van der Waals surface area contributed by atoms with Gasteiger partial charge in [0.15, 0.2) is 0 Å². The lowest BCUT2D eigenvalue weighted by atomic mass is 9.85. The average molecular weight is 638 g/mol. The summed E-state index contributed by atoms with van der Waals surface area (Å²) in [5.74, 6) is 0.134. The molecule has 0 unspecified atom stereocenters. The van der Waals surface area contributed by atoms with Gasteiger partial charge in [0.05, 0.1) is 36.3 Å². The van der Waals surface area contributed by atoms with Crippen LogP contribution in [-0.4, -0.2) is 76.9 Å². The van der Waals surface area contributed by atoms with E-state index in [1.54, 1.807) is 34.8 Å². The number of aliphatic hydroxyl groups excluding tert-OH is 1. The normalized spacial score (nSPS) is 15.7. The second kappa shape index (κ2) is 12.8. The van der Waals surface area contributed by atoms with Crippen LogP contribution in [0.5, 0.6) is 11.5 Å². The lowest BCUT2D eigenvalue weighted by Crippen LogP contribution is -2.44. The summed E-state index contributed by atoms with van der Waals surface area (Å²) in [5.41, 5.74) is 5.51. The predicted molar refractivity (Wildman–Crippen MR) is 184 cm³/mol. The Hall–Kier alpha value is -4.67. The molecule has 0 saturated carbocycles. The number of carbonyl (C=O) groups is 1. The standard InChI is InChI=1S/C37H43N5O5/c1-37(2,3)31-20-34-29(19-33(31)44)36(46)42(15-16-47-34)32-8-6-7-28(30(32)23-43)25-17-24(35(45)40(5)22-25)18-26-9-10-27(21-38-26)41-13-11-39(4)12-14-41/h6-10,17,19-22,43-44H,11-16,18,23H2,1-5H3. The van der Waals surface area contributed by atoms with E-state index >= 15 is 0 Å². The van der Waals surface area contributed by atoms with E-state index in [-0.39, 0.29) is 48.0 Å². The van der Waals surface area contributed by atoms with Crippen molar-refractivity contribution in [3.63, 3.8) is 0 Å². The zero-order chi connectivity index (χ0) is 33.5. The van der Waals surface area contributed by atoms with Gasteiger partial charge in [-0.25, -0.2) is 0 Å². The molecule has 1 amide bonds. The van der Waals surface area contributed by atoms with Gasteiger partial charge in [-0.2, -0.15) is 0 Å². The second-order valence-electron chi connectivity index (χ2n) is 13.5. The molecule has 2 N–H and O–H groups in total. The predicted octanol–water partition coefficient (Wildman–Crippen LogP) is 4.32. The van der Waals surface area contributed by atoms with E-state index in [2.05, 4.69) is 22.9 Å². The number of anilines is 2. The van der Waals surface area contributed by atoms with Gasteiger partial charge in [-0.3, -0.25) is 14.6 Å². The fourth-order valence-electron chi connectivity index (χ4n) is 6.47. The Morgan fingerprint density at radius 2 is 1.70 bits per heavy atom. The highest BCUT2D eigenvalue weighted by Gasteiger charge is 2.30. The molecule has 10 heteroatoms. The van der Waals surface area contributed by atoms with Gasteiger partial charge in [-0.05, 0) is 60.0 Å². The number of likely N-dealkylation sites (N-methyl/N-ethyl adjacent to an activating group) is 1. The first-order valence-electron chi connectivity index (χ1n) is 16.1. The molecule has 4 heterocycles. The third-order valence-corrected chi connectivity index (χ3v) is 9.17. The van der Waals surface area contributed by atoms with Crippen LogP contribution in [0.1, 0.15) is 53.5 Å². The van der Waals surface area contributed by atoms with Gasteiger partial charge in [0.1, 0.15) is 18.1 Å². The van der Waals surface area contributed by atoms with Gasteiger partial charge >= 0.3 is 0 Å². The van der Waals surface area contributed by atoms with Crippen molar-refractivity contribution in [1.29, 1.82) is 0 Å². The molecule has 1 saturated heterocycles. The smallest absolute Gasteiger partial charge is 0.262 e. The van der Waals surface area contributed by atoms with Gasteiger partial charge in [0, 0.05) is 68.2 Å². The lowest BCUT2D eigenvalue weighted by molar-refractivity contribution is 0.0989. The number of aryl methyl sites for hydroxylation is 1. The Bertz CT molecular complexity index is 1850. The molecule has 6 rings (SSSR count). The molecule has 2 aliphatic heterocycles. The molecule has 0 atom stereocenters. The number of phenols is 1. The summed E-state index contributed by atoms with van der Waals surface area (Å²) < 4.78 is 7.56. The molecule has 1 fully saturated rings. The number of benzene rings is 2. The van der Waals surface area contributed by atoms with E-state index in [1.165, 1.54) is 6.07 Å². The van der Waals surface area contributed by atoms with E-state index in [0.717, 1.165) is 43.1 Å². The van der Waals surface area contributed by atoms with Crippen molar-refractivity contribution in [3.8, 4) is 22.6 Å². The molecule has 2 aromatic heterocycles. The van der Waals surface area contributed by atoms with Crippen molar-refractivity contribution < 1.29 is 19.7 Å². The summed E-state index contributed by atoms with van der Waals surface area (Å²) in [4.78, 5) is 38.1. The van der Waals surface area contributed by atoms with E-state index in [4.69, 9.17) is 9.72 Å². The lowest BCUT2D eigenvalue weighted by Gasteiger charge is -2.33. The van der Waals surface area contributed by atoms with Crippen molar-refractivity contribution in [2.75, 3.05) is 56.2 Å². The molecule has 0 aliphatic carbocycles. The highest BCUT2D eigenvalue weighted by atomic mass is 16.5. The fraction of sp³-hybridized carbons (Fsp3) is 0.378. The maximum Gasteiger partial charge on any atom is 0.262 e. The van der Waals surface area contributed by atoms with Gasteiger partial charge in [-0.1, -0.05) is 32.9 Å². The monoisotopic (exact) mass is 637 g/mol. The van der Waals surface area contributed by atoms with Gasteiger partial charge in [0.25, 0.3) is 11.5 Å². The zero-order valence-electron chi connectivity index (χ0n) is 27.8. The molecule has 4 aromatic rings. The van der Waals surface area contributed by atoms with Crippen LogP contribution >= 0.6 is 0 Å². The van der Waals surface area contributed by atoms with Crippen LogP contribution in [-0.2, 0) is 25.5 Å². The molecule has 10 nitrogen and oxygen atoms in total. The molecule has 0 bridgehead atoms. The summed E-state index contributed by atoms with van der Waals surface area (Å²) >= 11 is 0. The summed E-state index contributed by atoms with van der Waals surface area (Å²) in [6, 6.07) is 14.6. The summed E-state index contributed by atoms with van der Waals surface area (Å²) in [7, 11) is 3.84. The van der Waals surface area contributed by atoms with Crippen molar-refractivity contribution in [2.24, 2.45) is 7.05 Å². The SMILES string of the molecule is CN1CCN(c2ccc(Cc3cc(-c4cccc(N5CCOc6cc(C(C)(C)C)c(O)cc6C5=O)c4CO)cn(C)c3=O)nc2)CC1. The van der Waals surface area contributed by atoms with E-state index < -0.39 is 0 Å². The Morgan fingerprint density at radius 3 is 2.38 bits per heavy atom. The number of aliphatic hydroxyl groups is 1. The van der Waals surface area contributed by atoms with Crippen molar-refractivity contribution in [2.45, 2.75) is 39.2 Å². The quantitative estimate of drug-likeness (QED) is 0.322. The number of hydrogen-bond acceptors (Lipinski definition) is 8. The second-order valence-corrected chi connectivity index (χ2v) is 13.5. The van der Waals surface area contributed by atoms with E-state index in [9.17, 15) is 19.8 Å². The van der Waals surface area contributed by atoms with Crippen LogP contribution in [0.4, 0.5) is 11.4 Å². The zero-order valence-corrected chi connectivity index (χ0v) is 27.8. The number of fused-ring (bicyclic) bond motifs is 1. The van der Waals surface area contributed by atoms with Crippen molar-refractivity contribution in [3.05, 3.63) is 99.2 Å². The minimum absolute atomic E-state index is 0.0346. The number of aromatic hydroxyl groups is 1. The molecule has 47 heavy (non-hydrogen) atoms. The number of amides is 1. The number of nitrogens with zero attached hydrogens (tertiary/aromatic N) is 5. The largest absolute Gasteiger partial charge is 0.508 e. The topological polar surface area (TPSA) is 111 Å². The number of rotatable bonds is 6. The number of hydrogen-bond donors (Lipinski definition) is 2. The number of aromatic nitrogens is 2. The number of carbonyl (C=O) groups excluding carboxylic acids is 1. The molecule has 2 aliphatic rings. The Balaban J connectivity index is 1.32. The molecule has 246 valence electrons. The highest BCUT2D eigenvalue weighted by Crippen LogP contribution is 2.39. The van der Waals surface area contributed by atoms with Crippen molar-refractivity contribution >= 4 is 17.3 Å². The number of piperazine rings is 1. The molecular formula is C37H43N5O5. The van der Waals surface area contributed by atoms with Crippen LogP contribution in [0.3, 0.4) is 0 Å². The maximum atomic E-state index is 14.0. The Kier molecular flexibility index (Phi) is 8.82. The highest BCUT2D eigenvalue weighted by molar-refractivity contribution is 6.09. The first kappa shape index (κ1) is 32.3. The molecule has 0 spiro atoms. The van der Waals surface area contributed by atoms with E-state index in [0.29, 0.717) is 40.1 Å². The fourth-order valence-corrected chi connectivity index (χ4v) is 6.47. The van der Waals surface area contributed by atoms with Gasteiger partial charge < -0.3 is 34.2 Å². The summed E-state index contributed by atoms with van der Waals surface area (Å²) in [6.45, 7) is 10.1. The molecular weight excluding hydrogens is 594 g/mol. The Labute approximate surface area is 275 Å². The number of pyridine rings is 2. The first-order valence-corrected chi connectivity index (χ1v) is 16.1. The number of phenolic OH excluding ortho intramolecular Hbond substituents is 1. The van der Waals surface area contributed by atoms with Crippen molar-refractivity contribution in [1.82, 2.24) is 14.5 Å². The summed E-state index contributed by atoms with van der Waals surface area (Å²) in [6.07, 6.45) is 3.99. The molecule has 2 aromatic carbocycles. The average Bonchev–Trinajstić information content (AvgIpc) is 3.20. The third-order valence-electron chi connectivity index (χ3n) is 9.17. The minimum Gasteiger partial charge on any atom is -0.508 e. The van der Waals surface area contributed by atoms with E-state index in [1.807, 2.05) is 51.2 Å². The first-order chi connectivity index (χ1) is 22.4. The van der Waals surface area contributed by atoms with Crippen LogP contribution < -0.4 is 20.1 Å². The van der Waals surface area contributed by atoms with Crippen LogP contribution in [0.2, 0.25) is 0 Å². The van der Waals surface area contributed by atoms with Crippen LogP contribution in [0.15, 0.2) is 65.7 Å². The van der Waals surface area contributed by atoms with Crippen LogP contribution in [0.25, 0.3) is 11.1 Å². The molecule has 0 radical (unpaired) electrons. The minimum atomic E-state index is -0.339. The van der Waals surface area contributed by atoms with Gasteiger partial charge in [-0.15, -0.1) is 0 Å². The number of ether oxygens (including phenoxy) is 1. The van der Waals surface area contributed by atoms with Gasteiger partial charge in [0.2, 0.25) is 0 Å². The Morgan fingerprint density at radius 1 is 0.936 bits per heavy atom. The van der Waals surface area contributed by atoms with Crippen LogP contribution in [0, 0.1) is 0 Å². The summed E-state index contributed by atoms with van der Waals surface area (Å²) in [5, 5.41) is 21.5. The maximum absolute atomic E-state index is 14.0. The third kappa shape index (κ3) is 6.48.